The van der Waals surface area contributed by atoms with Crippen molar-refractivity contribution >= 4 is 21.8 Å². The van der Waals surface area contributed by atoms with Crippen molar-refractivity contribution in [2.75, 3.05) is 0 Å². The number of rotatable bonds is 5. The van der Waals surface area contributed by atoms with Gasteiger partial charge in [-0.3, -0.25) is 9.97 Å². The molecule has 0 fully saturated rings. The van der Waals surface area contributed by atoms with Crippen LogP contribution in [-0.4, -0.2) is 19.9 Å². The van der Waals surface area contributed by atoms with E-state index in [1.165, 1.54) is 0 Å². The first-order chi connectivity index (χ1) is 20.5. The SMILES string of the molecule is Cc1cc(-c2ccc(-c3nc(-c4ccccc4)cc(-c4ccccc4)n3)cc2)c2ccc3ccc(C(C)C)nc3c2n1. The molecule has 202 valence electrons. The smallest absolute Gasteiger partial charge is 0.160 e. The second-order valence-corrected chi connectivity index (χ2v) is 11.0. The Morgan fingerprint density at radius 1 is 0.500 bits per heavy atom. The summed E-state index contributed by atoms with van der Waals surface area (Å²) in [5.74, 6) is 1.06. The van der Waals surface area contributed by atoms with Crippen LogP contribution in [0.3, 0.4) is 0 Å². The number of hydrogen-bond acceptors (Lipinski definition) is 4. The minimum Gasteiger partial charge on any atom is -0.251 e. The largest absolute Gasteiger partial charge is 0.251 e. The molecule has 0 atom stereocenters. The van der Waals surface area contributed by atoms with E-state index in [0.717, 1.165) is 72.4 Å². The molecule has 4 nitrogen and oxygen atoms in total. The molecule has 7 aromatic rings. The summed E-state index contributed by atoms with van der Waals surface area (Å²) >= 11 is 0. The van der Waals surface area contributed by atoms with Crippen molar-refractivity contribution in [2.45, 2.75) is 26.7 Å². The van der Waals surface area contributed by atoms with Gasteiger partial charge < -0.3 is 0 Å². The van der Waals surface area contributed by atoms with Crippen molar-refractivity contribution in [3.05, 3.63) is 133 Å². The molecule has 7 rings (SSSR count). The highest BCUT2D eigenvalue weighted by molar-refractivity contribution is 6.08. The van der Waals surface area contributed by atoms with Crippen molar-refractivity contribution in [2.24, 2.45) is 0 Å². The molecule has 0 spiro atoms. The molecule has 42 heavy (non-hydrogen) atoms. The molecule has 3 heterocycles. The number of nitrogens with zero attached hydrogens (tertiary/aromatic N) is 4. The Morgan fingerprint density at radius 3 is 1.71 bits per heavy atom. The van der Waals surface area contributed by atoms with Gasteiger partial charge in [-0.05, 0) is 42.2 Å². The van der Waals surface area contributed by atoms with E-state index in [1.54, 1.807) is 0 Å². The van der Waals surface area contributed by atoms with E-state index in [2.05, 4.69) is 106 Å². The van der Waals surface area contributed by atoms with Gasteiger partial charge in [0, 0.05) is 38.9 Å². The average Bonchev–Trinajstić information content (AvgIpc) is 3.04. The number of aromatic nitrogens is 4. The molecule has 3 aromatic heterocycles. The summed E-state index contributed by atoms with van der Waals surface area (Å²) in [5.41, 5.74) is 11.1. The van der Waals surface area contributed by atoms with Crippen LogP contribution >= 0.6 is 0 Å². The third-order valence-electron chi connectivity index (χ3n) is 7.70. The van der Waals surface area contributed by atoms with Crippen LogP contribution in [-0.2, 0) is 0 Å². The lowest BCUT2D eigenvalue weighted by Crippen LogP contribution is -1.97. The highest BCUT2D eigenvalue weighted by Gasteiger charge is 2.14. The molecule has 0 N–H and O–H groups in total. The van der Waals surface area contributed by atoms with Gasteiger partial charge in [-0.25, -0.2) is 9.97 Å². The van der Waals surface area contributed by atoms with E-state index < -0.39 is 0 Å². The summed E-state index contributed by atoms with van der Waals surface area (Å²) in [6, 6.07) is 41.9. The molecular weight excluding hydrogens is 512 g/mol. The second-order valence-electron chi connectivity index (χ2n) is 11.0. The number of hydrogen-bond donors (Lipinski definition) is 0. The summed E-state index contributed by atoms with van der Waals surface area (Å²) in [7, 11) is 0. The van der Waals surface area contributed by atoms with E-state index in [0.29, 0.717) is 11.7 Å². The lowest BCUT2D eigenvalue weighted by atomic mass is 9.97. The molecule has 0 radical (unpaired) electrons. The normalized spacial score (nSPS) is 11.4. The maximum absolute atomic E-state index is 5.02. The van der Waals surface area contributed by atoms with Crippen molar-refractivity contribution in [3.63, 3.8) is 0 Å². The van der Waals surface area contributed by atoms with Gasteiger partial charge in [-0.2, -0.15) is 0 Å². The van der Waals surface area contributed by atoms with Crippen molar-refractivity contribution < 1.29 is 0 Å². The number of pyridine rings is 2. The van der Waals surface area contributed by atoms with Gasteiger partial charge in [0.2, 0.25) is 0 Å². The maximum Gasteiger partial charge on any atom is 0.160 e. The zero-order valence-electron chi connectivity index (χ0n) is 23.9. The topological polar surface area (TPSA) is 51.6 Å². The highest BCUT2D eigenvalue weighted by atomic mass is 14.9. The van der Waals surface area contributed by atoms with Crippen LogP contribution in [0.5, 0.6) is 0 Å². The molecule has 0 aliphatic heterocycles. The first-order valence-corrected chi connectivity index (χ1v) is 14.4. The Morgan fingerprint density at radius 2 is 1.10 bits per heavy atom. The molecular formula is C38H30N4. The number of fused-ring (bicyclic) bond motifs is 3. The van der Waals surface area contributed by atoms with E-state index >= 15 is 0 Å². The molecule has 0 amide bonds. The van der Waals surface area contributed by atoms with Gasteiger partial charge >= 0.3 is 0 Å². The fourth-order valence-corrected chi connectivity index (χ4v) is 5.46. The quantitative estimate of drug-likeness (QED) is 0.203. The number of benzene rings is 4. The van der Waals surface area contributed by atoms with Crippen LogP contribution in [0.4, 0.5) is 0 Å². The highest BCUT2D eigenvalue weighted by Crippen LogP contribution is 2.34. The molecule has 0 saturated heterocycles. The van der Waals surface area contributed by atoms with Crippen molar-refractivity contribution in [1.29, 1.82) is 0 Å². The average molecular weight is 543 g/mol. The van der Waals surface area contributed by atoms with Crippen LogP contribution in [0, 0.1) is 6.92 Å². The monoisotopic (exact) mass is 542 g/mol. The van der Waals surface area contributed by atoms with Gasteiger partial charge in [0.1, 0.15) is 0 Å². The maximum atomic E-state index is 5.02. The molecule has 0 unspecified atom stereocenters. The molecule has 0 aliphatic carbocycles. The van der Waals surface area contributed by atoms with E-state index in [4.69, 9.17) is 19.9 Å². The van der Waals surface area contributed by atoms with E-state index in [-0.39, 0.29) is 0 Å². The van der Waals surface area contributed by atoms with Crippen molar-refractivity contribution in [1.82, 2.24) is 19.9 Å². The van der Waals surface area contributed by atoms with Gasteiger partial charge in [-0.15, -0.1) is 0 Å². The summed E-state index contributed by atoms with van der Waals surface area (Å²) in [6.45, 7) is 6.40. The first-order valence-electron chi connectivity index (χ1n) is 14.4. The Hall–Kier alpha value is -5.22. The fourth-order valence-electron chi connectivity index (χ4n) is 5.46. The van der Waals surface area contributed by atoms with Crippen LogP contribution in [0.2, 0.25) is 0 Å². The second kappa shape index (κ2) is 10.6. The van der Waals surface area contributed by atoms with Crippen LogP contribution in [0.25, 0.3) is 66.8 Å². The third kappa shape index (κ3) is 4.82. The molecule has 0 saturated carbocycles. The van der Waals surface area contributed by atoms with Crippen LogP contribution < -0.4 is 0 Å². The van der Waals surface area contributed by atoms with Crippen molar-refractivity contribution in [3.8, 4) is 45.0 Å². The third-order valence-corrected chi connectivity index (χ3v) is 7.70. The minimum atomic E-state index is 0.353. The fraction of sp³-hybridized carbons (Fsp3) is 0.105. The summed E-state index contributed by atoms with van der Waals surface area (Å²) in [4.78, 5) is 20.0. The standard InChI is InChI=1S/C38H30N4/c1-24(2)33-21-19-29-18-20-31-32(22-25(3)39-37(31)36(29)40-33)26-14-16-30(17-15-26)38-41-34(27-10-6-4-7-11-27)23-35(42-38)28-12-8-5-9-13-28/h4-24H,1-3H3. The summed E-state index contributed by atoms with van der Waals surface area (Å²) < 4.78 is 0. The zero-order valence-corrected chi connectivity index (χ0v) is 23.9. The minimum absolute atomic E-state index is 0.353. The lowest BCUT2D eigenvalue weighted by molar-refractivity contribution is 0.830. The molecule has 4 heteroatoms. The van der Waals surface area contributed by atoms with Crippen LogP contribution in [0.1, 0.15) is 31.2 Å². The zero-order chi connectivity index (χ0) is 28.6. The first kappa shape index (κ1) is 25.7. The Kier molecular flexibility index (Phi) is 6.52. The molecule has 4 aromatic carbocycles. The Bertz CT molecular complexity index is 1990. The molecule has 0 aliphatic rings. The van der Waals surface area contributed by atoms with Gasteiger partial charge in [-0.1, -0.05) is 117 Å². The Labute approximate surface area is 245 Å². The van der Waals surface area contributed by atoms with Gasteiger partial charge in [0.15, 0.2) is 5.82 Å². The van der Waals surface area contributed by atoms with Gasteiger partial charge in [0.05, 0.1) is 22.4 Å². The lowest BCUT2D eigenvalue weighted by Gasteiger charge is -2.13. The number of aryl methyl sites for hydroxylation is 1. The van der Waals surface area contributed by atoms with E-state index in [1.807, 2.05) is 36.4 Å². The predicted octanol–water partition coefficient (Wildman–Crippen LogP) is 9.67. The van der Waals surface area contributed by atoms with Gasteiger partial charge in [0.25, 0.3) is 0 Å². The predicted molar refractivity (Wildman–Crippen MR) is 173 cm³/mol. The molecule has 0 bridgehead atoms. The van der Waals surface area contributed by atoms with E-state index in [9.17, 15) is 0 Å². The Balaban J connectivity index is 1.34. The summed E-state index contributed by atoms with van der Waals surface area (Å²) in [5, 5.41) is 2.21. The van der Waals surface area contributed by atoms with Crippen LogP contribution in [0.15, 0.2) is 121 Å². The summed E-state index contributed by atoms with van der Waals surface area (Å²) in [6.07, 6.45) is 0.